The fourth-order valence-corrected chi connectivity index (χ4v) is 1.95. The molecule has 0 saturated heterocycles. The van der Waals surface area contributed by atoms with E-state index in [4.69, 9.17) is 0 Å². The fourth-order valence-electron chi connectivity index (χ4n) is 1.48. The first-order chi connectivity index (χ1) is 7.69. The Morgan fingerprint density at radius 3 is 2.88 bits per heavy atom. The topological polar surface area (TPSA) is 46.1 Å². The van der Waals surface area contributed by atoms with Gasteiger partial charge in [-0.25, -0.2) is 0 Å². The van der Waals surface area contributed by atoms with Gasteiger partial charge in [-0.05, 0) is 48.9 Å². The van der Waals surface area contributed by atoms with Crippen molar-refractivity contribution in [2.75, 3.05) is 20.1 Å². The molecule has 0 saturated carbocycles. The van der Waals surface area contributed by atoms with E-state index in [1.165, 1.54) is 0 Å². The molecule has 0 atom stereocenters. The van der Waals surface area contributed by atoms with Gasteiger partial charge in [0.15, 0.2) is 0 Å². The standard InChI is InChI=1S/C11H18BrN3O/c1-3-15-8-9(12)7-10(15)11(16)14-6-4-5-13-2/h7-8,13H,3-6H2,1-2H3,(H,14,16). The van der Waals surface area contributed by atoms with Crippen LogP contribution in [-0.2, 0) is 6.54 Å². The molecule has 1 aromatic heterocycles. The minimum atomic E-state index is -0.0105. The van der Waals surface area contributed by atoms with Gasteiger partial charge in [0.05, 0.1) is 0 Å². The van der Waals surface area contributed by atoms with Crippen LogP contribution in [0, 0.1) is 0 Å². The van der Waals surface area contributed by atoms with Gasteiger partial charge in [0.2, 0.25) is 0 Å². The average Bonchev–Trinajstić information content (AvgIpc) is 2.65. The lowest BCUT2D eigenvalue weighted by Crippen LogP contribution is -2.28. The van der Waals surface area contributed by atoms with Gasteiger partial charge in [-0.1, -0.05) is 0 Å². The second-order valence-corrected chi connectivity index (χ2v) is 4.46. The zero-order chi connectivity index (χ0) is 12.0. The third-order valence-corrected chi connectivity index (χ3v) is 2.76. The fraction of sp³-hybridized carbons (Fsp3) is 0.545. The Balaban J connectivity index is 2.51. The number of carbonyl (C=O) groups is 1. The van der Waals surface area contributed by atoms with Gasteiger partial charge in [0.1, 0.15) is 5.69 Å². The quantitative estimate of drug-likeness (QED) is 0.781. The molecule has 1 amide bonds. The predicted molar refractivity (Wildman–Crippen MR) is 68.7 cm³/mol. The summed E-state index contributed by atoms with van der Waals surface area (Å²) in [6, 6.07) is 1.84. The lowest BCUT2D eigenvalue weighted by molar-refractivity contribution is 0.0944. The monoisotopic (exact) mass is 287 g/mol. The number of hydrogen-bond acceptors (Lipinski definition) is 2. The molecule has 90 valence electrons. The lowest BCUT2D eigenvalue weighted by Gasteiger charge is -2.07. The van der Waals surface area contributed by atoms with E-state index in [0.29, 0.717) is 12.2 Å². The van der Waals surface area contributed by atoms with Crippen LogP contribution in [0.1, 0.15) is 23.8 Å². The largest absolute Gasteiger partial charge is 0.351 e. The van der Waals surface area contributed by atoms with E-state index in [0.717, 1.165) is 24.0 Å². The number of hydrogen-bond donors (Lipinski definition) is 2. The molecule has 2 N–H and O–H groups in total. The van der Waals surface area contributed by atoms with E-state index >= 15 is 0 Å². The Morgan fingerprint density at radius 1 is 1.50 bits per heavy atom. The minimum absolute atomic E-state index is 0.0105. The highest BCUT2D eigenvalue weighted by atomic mass is 79.9. The average molecular weight is 288 g/mol. The first-order valence-electron chi connectivity index (χ1n) is 5.47. The van der Waals surface area contributed by atoms with Gasteiger partial charge in [-0.15, -0.1) is 0 Å². The Hall–Kier alpha value is -0.810. The van der Waals surface area contributed by atoms with E-state index in [1.54, 1.807) is 0 Å². The number of halogens is 1. The Kier molecular flexibility index (Phi) is 5.55. The van der Waals surface area contributed by atoms with Crippen LogP contribution in [0.15, 0.2) is 16.7 Å². The van der Waals surface area contributed by atoms with Crippen LogP contribution in [0.4, 0.5) is 0 Å². The molecular formula is C11H18BrN3O. The molecule has 0 aliphatic heterocycles. The maximum Gasteiger partial charge on any atom is 0.267 e. The van der Waals surface area contributed by atoms with Crippen molar-refractivity contribution in [3.05, 3.63) is 22.4 Å². The zero-order valence-corrected chi connectivity index (χ0v) is 11.3. The summed E-state index contributed by atoms with van der Waals surface area (Å²) in [5.41, 5.74) is 0.707. The van der Waals surface area contributed by atoms with Gasteiger partial charge in [-0.2, -0.15) is 0 Å². The molecule has 0 aliphatic rings. The van der Waals surface area contributed by atoms with Gasteiger partial charge in [-0.3, -0.25) is 4.79 Å². The third-order valence-electron chi connectivity index (χ3n) is 2.33. The molecule has 0 bridgehead atoms. The maximum atomic E-state index is 11.8. The van der Waals surface area contributed by atoms with E-state index in [-0.39, 0.29) is 5.91 Å². The Bertz CT molecular complexity index is 349. The number of rotatable bonds is 6. The van der Waals surface area contributed by atoms with Crippen LogP contribution >= 0.6 is 15.9 Å². The van der Waals surface area contributed by atoms with Crippen molar-refractivity contribution in [1.29, 1.82) is 0 Å². The highest BCUT2D eigenvalue weighted by Gasteiger charge is 2.11. The van der Waals surface area contributed by atoms with Gasteiger partial charge in [0, 0.05) is 23.8 Å². The highest BCUT2D eigenvalue weighted by molar-refractivity contribution is 9.10. The van der Waals surface area contributed by atoms with E-state index in [2.05, 4.69) is 26.6 Å². The molecule has 1 heterocycles. The minimum Gasteiger partial charge on any atom is -0.351 e. The first-order valence-corrected chi connectivity index (χ1v) is 6.26. The van der Waals surface area contributed by atoms with Crippen LogP contribution in [0.5, 0.6) is 0 Å². The van der Waals surface area contributed by atoms with Crippen LogP contribution in [0.2, 0.25) is 0 Å². The second kappa shape index (κ2) is 6.70. The van der Waals surface area contributed by atoms with Crippen LogP contribution in [0.3, 0.4) is 0 Å². The highest BCUT2D eigenvalue weighted by Crippen LogP contribution is 2.14. The number of carbonyl (C=O) groups excluding carboxylic acids is 1. The molecule has 4 nitrogen and oxygen atoms in total. The molecule has 0 aromatic carbocycles. The predicted octanol–water partition coefficient (Wildman–Crippen LogP) is 1.61. The Labute approximate surface area is 105 Å². The van der Waals surface area contributed by atoms with Gasteiger partial charge >= 0.3 is 0 Å². The van der Waals surface area contributed by atoms with E-state index < -0.39 is 0 Å². The summed E-state index contributed by atoms with van der Waals surface area (Å²) in [5.74, 6) is -0.0105. The smallest absolute Gasteiger partial charge is 0.267 e. The van der Waals surface area contributed by atoms with Crippen LogP contribution in [0.25, 0.3) is 0 Å². The van der Waals surface area contributed by atoms with Crippen LogP contribution in [-0.4, -0.2) is 30.6 Å². The number of aryl methyl sites for hydroxylation is 1. The first kappa shape index (κ1) is 13.3. The Morgan fingerprint density at radius 2 is 2.25 bits per heavy atom. The summed E-state index contributed by atoms with van der Waals surface area (Å²) in [6.07, 6.45) is 2.86. The number of aromatic nitrogens is 1. The molecule has 16 heavy (non-hydrogen) atoms. The lowest BCUT2D eigenvalue weighted by atomic mass is 10.3. The van der Waals surface area contributed by atoms with Crippen molar-refractivity contribution >= 4 is 21.8 Å². The molecule has 0 spiro atoms. The van der Waals surface area contributed by atoms with Gasteiger partial charge in [0.25, 0.3) is 5.91 Å². The summed E-state index contributed by atoms with van der Waals surface area (Å²) in [5, 5.41) is 5.95. The van der Waals surface area contributed by atoms with E-state index in [9.17, 15) is 4.79 Å². The summed E-state index contributed by atoms with van der Waals surface area (Å²) in [6.45, 7) is 4.43. The summed E-state index contributed by atoms with van der Waals surface area (Å²) in [4.78, 5) is 11.8. The van der Waals surface area contributed by atoms with E-state index in [1.807, 2.05) is 30.8 Å². The number of nitrogens with one attached hydrogen (secondary N) is 2. The van der Waals surface area contributed by atoms with Crippen molar-refractivity contribution in [1.82, 2.24) is 15.2 Å². The summed E-state index contributed by atoms with van der Waals surface area (Å²) in [7, 11) is 1.90. The molecule has 0 radical (unpaired) electrons. The number of amides is 1. The van der Waals surface area contributed by atoms with Crippen molar-refractivity contribution in [2.45, 2.75) is 19.9 Å². The van der Waals surface area contributed by atoms with Crippen molar-refractivity contribution < 1.29 is 4.79 Å². The van der Waals surface area contributed by atoms with Crippen molar-refractivity contribution in [3.8, 4) is 0 Å². The molecule has 0 unspecified atom stereocenters. The maximum absolute atomic E-state index is 11.8. The summed E-state index contributed by atoms with van der Waals surface area (Å²) < 4.78 is 2.87. The van der Waals surface area contributed by atoms with Crippen LogP contribution < -0.4 is 10.6 Å². The van der Waals surface area contributed by atoms with Crippen molar-refractivity contribution in [3.63, 3.8) is 0 Å². The number of nitrogens with zero attached hydrogens (tertiary/aromatic N) is 1. The molecule has 0 aliphatic carbocycles. The zero-order valence-electron chi connectivity index (χ0n) is 9.72. The van der Waals surface area contributed by atoms with Gasteiger partial charge < -0.3 is 15.2 Å². The molecule has 1 aromatic rings. The normalized spacial score (nSPS) is 10.4. The molecular weight excluding hydrogens is 270 g/mol. The third kappa shape index (κ3) is 3.64. The molecule has 0 fully saturated rings. The molecule has 1 rings (SSSR count). The SMILES string of the molecule is CCn1cc(Br)cc1C(=O)NCCCNC. The second-order valence-electron chi connectivity index (χ2n) is 3.54. The molecule has 5 heteroatoms. The van der Waals surface area contributed by atoms with Crippen molar-refractivity contribution in [2.24, 2.45) is 0 Å². The summed E-state index contributed by atoms with van der Waals surface area (Å²) >= 11 is 3.37.